The molecule has 102 valence electrons. The summed E-state index contributed by atoms with van der Waals surface area (Å²) in [6.07, 6.45) is 5.29. The lowest BCUT2D eigenvalue weighted by atomic mass is 10.0. The molecular weight excluding hydrogens is 230 g/mol. The zero-order valence-electron chi connectivity index (χ0n) is 11.3. The van der Waals surface area contributed by atoms with Gasteiger partial charge in [-0.15, -0.1) is 0 Å². The summed E-state index contributed by atoms with van der Waals surface area (Å²) in [5, 5.41) is 4.03. The van der Waals surface area contributed by atoms with Crippen molar-refractivity contribution in [3.63, 3.8) is 0 Å². The van der Waals surface area contributed by atoms with Crippen molar-refractivity contribution in [3.05, 3.63) is 11.7 Å². The third-order valence-electron chi connectivity index (χ3n) is 3.39. The van der Waals surface area contributed by atoms with E-state index in [-0.39, 0.29) is 12.1 Å². The standard InChI is InChI=1S/C13H23N3O2/c1-9(5-3-6-10(2)14)13-15-12(16-18-13)11-7-4-8-17-11/h9-11H,3-8,14H2,1-2H3. The van der Waals surface area contributed by atoms with Crippen LogP contribution in [0, 0.1) is 0 Å². The van der Waals surface area contributed by atoms with Crippen LogP contribution >= 0.6 is 0 Å². The van der Waals surface area contributed by atoms with Crippen molar-refractivity contribution in [1.29, 1.82) is 0 Å². The van der Waals surface area contributed by atoms with E-state index in [0.29, 0.717) is 11.7 Å². The molecule has 18 heavy (non-hydrogen) atoms. The Morgan fingerprint density at radius 1 is 1.39 bits per heavy atom. The molecule has 1 fully saturated rings. The average molecular weight is 253 g/mol. The predicted octanol–water partition coefficient (Wildman–Crippen LogP) is 2.54. The second-order valence-corrected chi connectivity index (χ2v) is 5.30. The van der Waals surface area contributed by atoms with Gasteiger partial charge in [0.2, 0.25) is 11.7 Å². The summed E-state index contributed by atoms with van der Waals surface area (Å²) in [6, 6.07) is 0.266. The Balaban J connectivity index is 1.84. The molecule has 0 bridgehead atoms. The number of hydrogen-bond acceptors (Lipinski definition) is 5. The minimum atomic E-state index is 0.0405. The molecule has 0 spiro atoms. The molecule has 3 atom stereocenters. The van der Waals surface area contributed by atoms with Crippen LogP contribution in [0.3, 0.4) is 0 Å². The molecule has 2 heterocycles. The summed E-state index contributed by atoms with van der Waals surface area (Å²) >= 11 is 0. The molecule has 1 aromatic rings. The quantitative estimate of drug-likeness (QED) is 0.843. The normalized spacial score (nSPS) is 23.2. The fourth-order valence-corrected chi connectivity index (χ4v) is 2.23. The number of ether oxygens (including phenoxy) is 1. The van der Waals surface area contributed by atoms with E-state index in [1.54, 1.807) is 0 Å². The molecule has 2 rings (SSSR count). The molecule has 1 aliphatic heterocycles. The molecule has 0 aromatic carbocycles. The van der Waals surface area contributed by atoms with Crippen LogP contribution in [0.15, 0.2) is 4.52 Å². The molecular formula is C13H23N3O2. The Kier molecular flexibility index (Phi) is 4.72. The van der Waals surface area contributed by atoms with Gasteiger partial charge in [0.25, 0.3) is 0 Å². The molecule has 5 nitrogen and oxygen atoms in total. The molecule has 0 saturated carbocycles. The van der Waals surface area contributed by atoms with E-state index in [2.05, 4.69) is 17.1 Å². The van der Waals surface area contributed by atoms with Crippen LogP contribution in [0.2, 0.25) is 0 Å². The Morgan fingerprint density at radius 2 is 2.22 bits per heavy atom. The van der Waals surface area contributed by atoms with Crippen molar-refractivity contribution in [2.75, 3.05) is 6.61 Å². The Morgan fingerprint density at radius 3 is 2.89 bits per heavy atom. The van der Waals surface area contributed by atoms with Crippen molar-refractivity contribution in [2.45, 2.75) is 64.0 Å². The van der Waals surface area contributed by atoms with Crippen molar-refractivity contribution >= 4 is 0 Å². The molecule has 0 aliphatic carbocycles. The first-order chi connectivity index (χ1) is 8.66. The summed E-state index contributed by atoms with van der Waals surface area (Å²) in [6.45, 7) is 4.96. The molecule has 1 aliphatic rings. The number of rotatable bonds is 6. The van der Waals surface area contributed by atoms with Crippen LogP contribution in [0.1, 0.15) is 69.7 Å². The van der Waals surface area contributed by atoms with Crippen LogP contribution in [-0.2, 0) is 4.74 Å². The van der Waals surface area contributed by atoms with Crippen LogP contribution in [0.5, 0.6) is 0 Å². The summed E-state index contributed by atoms with van der Waals surface area (Å²) in [5.74, 6) is 1.73. The third-order valence-corrected chi connectivity index (χ3v) is 3.39. The highest BCUT2D eigenvalue weighted by Gasteiger charge is 2.24. The predicted molar refractivity (Wildman–Crippen MR) is 68.1 cm³/mol. The highest BCUT2D eigenvalue weighted by Crippen LogP contribution is 2.28. The van der Waals surface area contributed by atoms with Crippen molar-refractivity contribution in [1.82, 2.24) is 10.1 Å². The number of nitrogens with zero attached hydrogens (tertiary/aromatic N) is 2. The van der Waals surface area contributed by atoms with Gasteiger partial charge in [0.1, 0.15) is 6.10 Å². The van der Waals surface area contributed by atoms with Gasteiger partial charge in [0, 0.05) is 18.6 Å². The van der Waals surface area contributed by atoms with E-state index >= 15 is 0 Å². The second-order valence-electron chi connectivity index (χ2n) is 5.30. The fourth-order valence-electron chi connectivity index (χ4n) is 2.23. The van der Waals surface area contributed by atoms with Gasteiger partial charge in [-0.2, -0.15) is 4.98 Å². The SMILES string of the molecule is CC(N)CCCC(C)c1nc(C2CCCO2)no1. The lowest BCUT2D eigenvalue weighted by molar-refractivity contribution is 0.103. The molecule has 0 amide bonds. The molecule has 1 saturated heterocycles. The average Bonchev–Trinajstić information content (AvgIpc) is 2.99. The van der Waals surface area contributed by atoms with Gasteiger partial charge in [-0.25, -0.2) is 0 Å². The third kappa shape index (κ3) is 3.53. The molecule has 1 aromatic heterocycles. The molecule has 0 radical (unpaired) electrons. The van der Waals surface area contributed by atoms with Crippen LogP contribution in [0.25, 0.3) is 0 Å². The van der Waals surface area contributed by atoms with Crippen molar-refractivity contribution in [2.24, 2.45) is 5.73 Å². The lowest BCUT2D eigenvalue weighted by Gasteiger charge is -2.07. The first-order valence-electron chi connectivity index (χ1n) is 6.87. The molecule has 2 N–H and O–H groups in total. The van der Waals surface area contributed by atoms with E-state index < -0.39 is 0 Å². The van der Waals surface area contributed by atoms with Crippen molar-refractivity contribution in [3.8, 4) is 0 Å². The van der Waals surface area contributed by atoms with Crippen LogP contribution in [0.4, 0.5) is 0 Å². The lowest BCUT2D eigenvalue weighted by Crippen LogP contribution is -2.14. The Labute approximate surface area is 108 Å². The van der Waals surface area contributed by atoms with Gasteiger partial charge in [0.05, 0.1) is 0 Å². The summed E-state index contributed by atoms with van der Waals surface area (Å²) in [7, 11) is 0. The monoisotopic (exact) mass is 253 g/mol. The Hall–Kier alpha value is -0.940. The van der Waals surface area contributed by atoms with Gasteiger partial charge in [-0.3, -0.25) is 0 Å². The van der Waals surface area contributed by atoms with E-state index in [1.807, 2.05) is 6.92 Å². The minimum absolute atomic E-state index is 0.0405. The van der Waals surface area contributed by atoms with Gasteiger partial charge < -0.3 is 15.0 Å². The Bertz CT molecular complexity index is 359. The van der Waals surface area contributed by atoms with Gasteiger partial charge in [-0.1, -0.05) is 18.5 Å². The number of hydrogen-bond donors (Lipinski definition) is 1. The van der Waals surface area contributed by atoms with Crippen LogP contribution < -0.4 is 5.73 Å². The molecule has 5 heteroatoms. The smallest absolute Gasteiger partial charge is 0.229 e. The highest BCUT2D eigenvalue weighted by atomic mass is 16.5. The highest BCUT2D eigenvalue weighted by molar-refractivity contribution is 4.96. The topological polar surface area (TPSA) is 74.2 Å². The summed E-state index contributed by atoms with van der Waals surface area (Å²) in [4.78, 5) is 4.46. The summed E-state index contributed by atoms with van der Waals surface area (Å²) in [5.41, 5.74) is 5.74. The maximum Gasteiger partial charge on any atom is 0.229 e. The fraction of sp³-hybridized carbons (Fsp3) is 0.846. The molecule has 3 unspecified atom stereocenters. The van der Waals surface area contributed by atoms with Crippen LogP contribution in [-0.4, -0.2) is 22.8 Å². The first kappa shape index (κ1) is 13.5. The van der Waals surface area contributed by atoms with Crippen molar-refractivity contribution < 1.29 is 9.26 Å². The summed E-state index contributed by atoms with van der Waals surface area (Å²) < 4.78 is 10.9. The van der Waals surface area contributed by atoms with E-state index in [9.17, 15) is 0 Å². The number of nitrogens with two attached hydrogens (primary N) is 1. The first-order valence-corrected chi connectivity index (χ1v) is 6.87. The minimum Gasteiger partial charge on any atom is -0.370 e. The largest absolute Gasteiger partial charge is 0.370 e. The second kappa shape index (κ2) is 6.29. The van der Waals surface area contributed by atoms with E-state index in [1.165, 1.54) is 0 Å². The zero-order chi connectivity index (χ0) is 13.0. The maximum atomic E-state index is 5.74. The maximum absolute atomic E-state index is 5.74. The number of aromatic nitrogens is 2. The zero-order valence-corrected chi connectivity index (χ0v) is 11.3. The van der Waals surface area contributed by atoms with Gasteiger partial charge in [-0.05, 0) is 32.6 Å². The van der Waals surface area contributed by atoms with E-state index in [0.717, 1.165) is 44.6 Å². The van der Waals surface area contributed by atoms with Gasteiger partial charge >= 0.3 is 0 Å². The van der Waals surface area contributed by atoms with Gasteiger partial charge in [0.15, 0.2) is 0 Å². The van der Waals surface area contributed by atoms with E-state index in [4.69, 9.17) is 15.0 Å².